The highest BCUT2D eigenvalue weighted by molar-refractivity contribution is 7.89. The van der Waals surface area contributed by atoms with Crippen molar-refractivity contribution in [3.63, 3.8) is 0 Å². The van der Waals surface area contributed by atoms with Gasteiger partial charge in [0.05, 0.1) is 17.5 Å². The number of rotatable bonds is 7. The second-order valence-corrected chi connectivity index (χ2v) is 7.17. The molecule has 0 saturated carbocycles. The molecule has 1 atom stereocenters. The van der Waals surface area contributed by atoms with Gasteiger partial charge in [-0.2, -0.15) is 0 Å². The molecule has 0 aliphatic rings. The lowest BCUT2D eigenvalue weighted by molar-refractivity contribution is -0.114. The first kappa shape index (κ1) is 18.8. The molecule has 1 amide bonds. The third-order valence-electron chi connectivity index (χ3n) is 3.30. The molecule has 2 aromatic rings. The number of benzene rings is 1. The van der Waals surface area contributed by atoms with E-state index in [1.807, 2.05) is 0 Å². The van der Waals surface area contributed by atoms with Crippen molar-refractivity contribution in [1.82, 2.24) is 9.29 Å². The summed E-state index contributed by atoms with van der Waals surface area (Å²) in [6.45, 7) is 1.09. The van der Waals surface area contributed by atoms with Gasteiger partial charge in [0.25, 0.3) is 5.56 Å². The van der Waals surface area contributed by atoms with Gasteiger partial charge in [0.2, 0.25) is 15.9 Å². The van der Waals surface area contributed by atoms with Gasteiger partial charge in [-0.05, 0) is 30.3 Å². The summed E-state index contributed by atoms with van der Waals surface area (Å²) in [6.07, 6.45) is 0.453. The van der Waals surface area contributed by atoms with Gasteiger partial charge >= 0.3 is 0 Å². The van der Waals surface area contributed by atoms with Gasteiger partial charge in [-0.3, -0.25) is 9.59 Å². The maximum atomic E-state index is 12.2. The Morgan fingerprint density at radius 3 is 2.48 bits per heavy atom. The molecule has 2 rings (SSSR count). The van der Waals surface area contributed by atoms with Gasteiger partial charge in [-0.1, -0.05) is 6.07 Å². The molecule has 0 bridgehead atoms. The van der Waals surface area contributed by atoms with Gasteiger partial charge in [-0.15, -0.1) is 0 Å². The van der Waals surface area contributed by atoms with E-state index in [1.54, 1.807) is 12.1 Å². The molecular weight excluding hydrogens is 346 g/mol. The molecule has 0 aliphatic heterocycles. The molecule has 134 valence electrons. The van der Waals surface area contributed by atoms with Gasteiger partial charge in [0.1, 0.15) is 0 Å². The Morgan fingerprint density at radius 2 is 1.88 bits per heavy atom. The number of anilines is 1. The van der Waals surface area contributed by atoms with Crippen LogP contribution in [0.15, 0.2) is 58.4 Å². The number of carbonyl (C=O) groups excluding carboxylic acids is 1. The minimum Gasteiger partial charge on any atom is -0.390 e. The fourth-order valence-electron chi connectivity index (χ4n) is 2.11. The number of aromatic nitrogens is 1. The predicted molar refractivity (Wildman–Crippen MR) is 92.6 cm³/mol. The monoisotopic (exact) mass is 365 g/mol. The summed E-state index contributed by atoms with van der Waals surface area (Å²) in [5.41, 5.74) is 0.202. The van der Waals surface area contributed by atoms with E-state index >= 15 is 0 Å². The van der Waals surface area contributed by atoms with E-state index in [2.05, 4.69) is 10.0 Å². The van der Waals surface area contributed by atoms with Crippen LogP contribution < -0.4 is 15.6 Å². The number of hydrogen-bond donors (Lipinski definition) is 3. The SMILES string of the molecule is CC(=O)Nc1ccc(S(=O)(=O)NCC(O)Cn2ccccc2=O)cc1. The number of amides is 1. The summed E-state index contributed by atoms with van der Waals surface area (Å²) in [6, 6.07) is 10.2. The quantitative estimate of drug-likeness (QED) is 0.645. The molecule has 0 radical (unpaired) electrons. The lowest BCUT2D eigenvalue weighted by Gasteiger charge is -2.14. The Bertz CT molecular complexity index is 890. The standard InChI is InChI=1S/C16H19N3O5S/c1-12(20)18-13-5-7-15(8-6-13)25(23,24)17-10-14(21)11-19-9-3-2-4-16(19)22/h2-9,14,17,21H,10-11H2,1H3,(H,18,20). The predicted octanol–water partition coefficient (Wildman–Crippen LogP) is 0.146. The summed E-state index contributed by atoms with van der Waals surface area (Å²) in [5, 5.41) is 12.5. The first-order chi connectivity index (χ1) is 11.8. The minimum atomic E-state index is -3.81. The summed E-state index contributed by atoms with van der Waals surface area (Å²) in [4.78, 5) is 22.5. The van der Waals surface area contributed by atoms with Crippen molar-refractivity contribution >= 4 is 21.6 Å². The Balaban J connectivity index is 1.97. The van der Waals surface area contributed by atoms with Crippen LogP contribution in [0.2, 0.25) is 0 Å². The number of pyridine rings is 1. The number of aliphatic hydroxyl groups excluding tert-OH is 1. The molecule has 0 spiro atoms. The second-order valence-electron chi connectivity index (χ2n) is 5.40. The number of nitrogens with zero attached hydrogens (tertiary/aromatic N) is 1. The van der Waals surface area contributed by atoms with Crippen LogP contribution in [-0.2, 0) is 21.4 Å². The number of aliphatic hydroxyl groups is 1. The molecule has 3 N–H and O–H groups in total. The Labute approximate surface area is 145 Å². The Morgan fingerprint density at radius 1 is 1.20 bits per heavy atom. The zero-order valence-corrected chi connectivity index (χ0v) is 14.4. The summed E-state index contributed by atoms with van der Waals surface area (Å²) < 4.78 is 28.0. The number of nitrogens with one attached hydrogen (secondary N) is 2. The highest BCUT2D eigenvalue weighted by Gasteiger charge is 2.16. The minimum absolute atomic E-state index is 0.00526. The van der Waals surface area contributed by atoms with Crippen LogP contribution in [0.5, 0.6) is 0 Å². The van der Waals surface area contributed by atoms with E-state index in [4.69, 9.17) is 0 Å². The van der Waals surface area contributed by atoms with E-state index in [0.717, 1.165) is 0 Å². The van der Waals surface area contributed by atoms with Crippen molar-refractivity contribution in [3.8, 4) is 0 Å². The fourth-order valence-corrected chi connectivity index (χ4v) is 3.19. The number of sulfonamides is 1. The third-order valence-corrected chi connectivity index (χ3v) is 4.74. The van der Waals surface area contributed by atoms with Crippen LogP contribution in [0.1, 0.15) is 6.92 Å². The average Bonchev–Trinajstić information content (AvgIpc) is 2.55. The molecule has 1 aromatic heterocycles. The molecule has 0 saturated heterocycles. The van der Waals surface area contributed by atoms with E-state index in [1.165, 1.54) is 48.0 Å². The van der Waals surface area contributed by atoms with Crippen molar-refractivity contribution in [1.29, 1.82) is 0 Å². The zero-order chi connectivity index (χ0) is 18.4. The highest BCUT2D eigenvalue weighted by atomic mass is 32.2. The summed E-state index contributed by atoms with van der Waals surface area (Å²) in [7, 11) is -3.81. The maximum absolute atomic E-state index is 12.2. The van der Waals surface area contributed by atoms with Crippen LogP contribution in [0.25, 0.3) is 0 Å². The fraction of sp³-hybridized carbons (Fsp3) is 0.250. The lowest BCUT2D eigenvalue weighted by Crippen LogP contribution is -2.36. The molecule has 25 heavy (non-hydrogen) atoms. The molecule has 1 aromatic carbocycles. The zero-order valence-electron chi connectivity index (χ0n) is 13.5. The molecule has 1 unspecified atom stereocenters. The van der Waals surface area contributed by atoms with Crippen LogP contribution in [0, 0.1) is 0 Å². The molecule has 9 heteroatoms. The van der Waals surface area contributed by atoms with Crippen LogP contribution >= 0.6 is 0 Å². The topological polar surface area (TPSA) is 118 Å². The van der Waals surface area contributed by atoms with Gasteiger partial charge in [-0.25, -0.2) is 13.1 Å². The largest absolute Gasteiger partial charge is 0.390 e. The van der Waals surface area contributed by atoms with Crippen molar-refractivity contribution in [2.45, 2.75) is 24.5 Å². The maximum Gasteiger partial charge on any atom is 0.250 e. The molecular formula is C16H19N3O5S. The molecule has 8 nitrogen and oxygen atoms in total. The van der Waals surface area contributed by atoms with Crippen molar-refractivity contribution in [2.24, 2.45) is 0 Å². The first-order valence-corrected chi connectivity index (χ1v) is 8.97. The van der Waals surface area contributed by atoms with Crippen LogP contribution in [-0.4, -0.2) is 36.6 Å². The highest BCUT2D eigenvalue weighted by Crippen LogP contribution is 2.13. The normalized spacial score (nSPS) is 12.6. The van der Waals surface area contributed by atoms with Gasteiger partial charge < -0.3 is 15.0 Å². The second kappa shape index (κ2) is 8.06. The number of hydrogen-bond acceptors (Lipinski definition) is 5. The van der Waals surface area contributed by atoms with Gasteiger partial charge in [0.15, 0.2) is 0 Å². The van der Waals surface area contributed by atoms with Crippen molar-refractivity contribution in [2.75, 3.05) is 11.9 Å². The first-order valence-electron chi connectivity index (χ1n) is 7.49. The van der Waals surface area contributed by atoms with Crippen molar-refractivity contribution in [3.05, 3.63) is 59.0 Å². The Kier molecular flexibility index (Phi) is 6.07. The smallest absolute Gasteiger partial charge is 0.250 e. The molecule has 1 heterocycles. The van der Waals surface area contributed by atoms with E-state index < -0.39 is 16.1 Å². The Hall–Kier alpha value is -2.49. The lowest BCUT2D eigenvalue weighted by atomic mass is 10.3. The van der Waals surface area contributed by atoms with Crippen LogP contribution in [0.4, 0.5) is 5.69 Å². The summed E-state index contributed by atoms with van der Waals surface area (Å²) >= 11 is 0. The van der Waals surface area contributed by atoms with Gasteiger partial charge in [0, 0.05) is 31.4 Å². The number of carbonyl (C=O) groups is 1. The third kappa shape index (κ3) is 5.52. The molecule has 0 fully saturated rings. The summed E-state index contributed by atoms with van der Waals surface area (Å²) in [5.74, 6) is -0.256. The van der Waals surface area contributed by atoms with Crippen LogP contribution in [0.3, 0.4) is 0 Å². The van der Waals surface area contributed by atoms with Crippen molar-refractivity contribution < 1.29 is 18.3 Å². The van der Waals surface area contributed by atoms with E-state index in [-0.39, 0.29) is 29.5 Å². The van der Waals surface area contributed by atoms with E-state index in [0.29, 0.717) is 5.69 Å². The average molecular weight is 365 g/mol. The molecule has 0 aliphatic carbocycles. The van der Waals surface area contributed by atoms with E-state index in [9.17, 15) is 23.1 Å².